The van der Waals surface area contributed by atoms with Crippen LogP contribution in [0.5, 0.6) is 11.6 Å². The van der Waals surface area contributed by atoms with E-state index < -0.39 is 21.7 Å². The Balaban J connectivity index is 1.29. The van der Waals surface area contributed by atoms with E-state index in [1.165, 1.54) is 25.5 Å². The minimum Gasteiger partial charge on any atom is -0.439 e. The van der Waals surface area contributed by atoms with E-state index in [2.05, 4.69) is 19.9 Å². The number of anilines is 3. The summed E-state index contributed by atoms with van der Waals surface area (Å²) in [5, 5.41) is 2.55. The fourth-order valence-corrected chi connectivity index (χ4v) is 4.70. The average molecular weight is 481 g/mol. The van der Waals surface area contributed by atoms with Crippen LogP contribution in [0.25, 0.3) is 0 Å². The summed E-state index contributed by atoms with van der Waals surface area (Å²) in [5.74, 6) is -0.353. The van der Waals surface area contributed by atoms with Gasteiger partial charge in [0.2, 0.25) is 21.8 Å². The molecule has 2 aromatic carbocycles. The number of carbonyl (C=O) groups excluding carboxylic acids is 1. The van der Waals surface area contributed by atoms with Gasteiger partial charge in [0.25, 0.3) is 0 Å². The van der Waals surface area contributed by atoms with Crippen molar-refractivity contribution in [3.05, 3.63) is 72.4 Å². The average Bonchev–Trinajstić information content (AvgIpc) is 2.82. The molecule has 3 aromatic rings. The number of aromatic nitrogens is 1. The number of aryl methyl sites for hydroxylation is 1. The van der Waals surface area contributed by atoms with E-state index in [4.69, 9.17) is 4.74 Å². The zero-order valence-electron chi connectivity index (χ0n) is 19.0. The molecule has 1 saturated heterocycles. The minimum absolute atomic E-state index is 0.365. The van der Waals surface area contributed by atoms with Gasteiger partial charge in [-0.1, -0.05) is 17.7 Å². The maximum atomic E-state index is 12.5. The largest absolute Gasteiger partial charge is 0.439 e. The van der Waals surface area contributed by atoms with Crippen LogP contribution < -0.4 is 19.7 Å². The molecular weight excluding hydrogens is 452 g/mol. The summed E-state index contributed by atoms with van der Waals surface area (Å²) in [7, 11) is -3.86. The highest BCUT2D eigenvalue weighted by atomic mass is 32.2. The van der Waals surface area contributed by atoms with Crippen molar-refractivity contribution < 1.29 is 17.9 Å². The van der Waals surface area contributed by atoms with Crippen LogP contribution in [0, 0.1) is 6.92 Å². The van der Waals surface area contributed by atoms with Gasteiger partial charge in [-0.2, -0.15) is 0 Å². The van der Waals surface area contributed by atoms with Gasteiger partial charge in [0.15, 0.2) is 0 Å². The molecule has 0 bridgehead atoms. The summed E-state index contributed by atoms with van der Waals surface area (Å²) in [4.78, 5) is 18.7. The molecule has 9 heteroatoms. The van der Waals surface area contributed by atoms with Gasteiger partial charge in [0.1, 0.15) is 11.5 Å². The van der Waals surface area contributed by atoms with Crippen molar-refractivity contribution >= 4 is 33.0 Å². The summed E-state index contributed by atoms with van der Waals surface area (Å²) in [5.41, 5.74) is 3.00. The lowest BCUT2D eigenvalue weighted by Crippen LogP contribution is -2.29. The summed E-state index contributed by atoms with van der Waals surface area (Å²) in [6.45, 7) is 4.01. The van der Waals surface area contributed by atoms with Gasteiger partial charge in [0, 0.05) is 30.5 Å². The lowest BCUT2D eigenvalue weighted by molar-refractivity contribution is -0.113. The molecule has 1 amide bonds. The summed E-state index contributed by atoms with van der Waals surface area (Å²) in [6.07, 6.45) is 5.00. The topological polar surface area (TPSA) is 101 Å². The minimum atomic E-state index is -3.86. The van der Waals surface area contributed by atoms with Crippen LogP contribution in [0.3, 0.4) is 0 Å². The van der Waals surface area contributed by atoms with Crippen LogP contribution in [0.15, 0.2) is 66.9 Å². The van der Waals surface area contributed by atoms with Crippen molar-refractivity contribution in [2.75, 3.05) is 33.8 Å². The van der Waals surface area contributed by atoms with Crippen LogP contribution in [-0.2, 0) is 14.8 Å². The first-order valence-corrected chi connectivity index (χ1v) is 12.9. The zero-order valence-corrected chi connectivity index (χ0v) is 19.8. The SMILES string of the molecule is Cc1ccc(Oc2ccc(NC(=O)CS(=O)(=O)Nc3ccc(N4CCCCC4)cc3)cn2)cc1. The summed E-state index contributed by atoms with van der Waals surface area (Å²) < 4.78 is 33.0. The molecule has 8 nitrogen and oxygen atoms in total. The van der Waals surface area contributed by atoms with E-state index >= 15 is 0 Å². The maximum Gasteiger partial charge on any atom is 0.241 e. The van der Waals surface area contributed by atoms with Gasteiger partial charge in [-0.15, -0.1) is 0 Å². The molecule has 0 unspecified atom stereocenters. The lowest BCUT2D eigenvalue weighted by Gasteiger charge is -2.28. The zero-order chi connectivity index (χ0) is 24.0. The quantitative estimate of drug-likeness (QED) is 0.490. The number of benzene rings is 2. The number of nitrogens with one attached hydrogen (secondary N) is 2. The van der Waals surface area contributed by atoms with E-state index in [1.54, 1.807) is 24.3 Å². The molecule has 4 rings (SSSR count). The Hall–Kier alpha value is -3.59. The monoisotopic (exact) mass is 480 g/mol. The van der Waals surface area contributed by atoms with Gasteiger partial charge in [-0.25, -0.2) is 13.4 Å². The van der Waals surface area contributed by atoms with Gasteiger partial charge in [-0.05, 0) is 68.7 Å². The number of rotatable bonds is 8. The molecule has 1 aliphatic rings. The highest BCUT2D eigenvalue weighted by molar-refractivity contribution is 7.93. The molecule has 0 radical (unpaired) electrons. The van der Waals surface area contributed by atoms with Crippen LogP contribution in [0.4, 0.5) is 17.1 Å². The Morgan fingerprint density at radius 3 is 2.26 bits per heavy atom. The van der Waals surface area contributed by atoms with Crippen molar-refractivity contribution in [2.45, 2.75) is 26.2 Å². The van der Waals surface area contributed by atoms with Gasteiger partial charge in [-0.3, -0.25) is 9.52 Å². The van der Waals surface area contributed by atoms with Crippen molar-refractivity contribution in [1.82, 2.24) is 4.98 Å². The first kappa shape index (κ1) is 23.6. The molecule has 178 valence electrons. The predicted octanol–water partition coefficient (Wildman–Crippen LogP) is 4.55. The fourth-order valence-electron chi connectivity index (χ4n) is 3.72. The van der Waals surface area contributed by atoms with Crippen molar-refractivity contribution in [3.63, 3.8) is 0 Å². The first-order valence-electron chi connectivity index (χ1n) is 11.2. The number of hydrogen-bond donors (Lipinski definition) is 2. The van der Waals surface area contributed by atoms with Crippen LogP contribution in [-0.4, -0.2) is 38.2 Å². The maximum absolute atomic E-state index is 12.5. The Bertz CT molecular complexity index is 1210. The second-order valence-electron chi connectivity index (χ2n) is 8.30. The van der Waals surface area contributed by atoms with E-state index in [0.29, 0.717) is 23.0 Å². The molecule has 1 aromatic heterocycles. The molecule has 0 aliphatic carbocycles. The second-order valence-corrected chi connectivity index (χ2v) is 10.0. The van der Waals surface area contributed by atoms with Crippen LogP contribution in [0.1, 0.15) is 24.8 Å². The van der Waals surface area contributed by atoms with Crippen LogP contribution in [0.2, 0.25) is 0 Å². The van der Waals surface area contributed by atoms with Crippen molar-refractivity contribution in [1.29, 1.82) is 0 Å². The fraction of sp³-hybridized carbons (Fsp3) is 0.280. The Morgan fingerprint density at radius 1 is 0.941 bits per heavy atom. The number of ether oxygens (including phenoxy) is 1. The smallest absolute Gasteiger partial charge is 0.241 e. The standard InChI is InChI=1S/C25H28N4O4S/c1-19-5-12-23(13-6-19)33-25-14-9-21(17-26-25)27-24(30)18-34(31,32)28-20-7-10-22(11-8-20)29-15-3-2-4-16-29/h5-14,17,28H,2-4,15-16,18H2,1H3,(H,27,30). The van der Waals surface area contributed by atoms with Gasteiger partial charge >= 0.3 is 0 Å². The molecule has 1 fully saturated rings. The van der Waals surface area contributed by atoms with Gasteiger partial charge in [0.05, 0.1) is 11.9 Å². The number of amides is 1. The molecule has 2 N–H and O–H groups in total. The summed E-state index contributed by atoms with van der Waals surface area (Å²) in [6, 6.07) is 18.0. The van der Waals surface area contributed by atoms with E-state index in [9.17, 15) is 13.2 Å². The number of nitrogens with zero attached hydrogens (tertiary/aromatic N) is 2. The lowest BCUT2D eigenvalue weighted by atomic mass is 10.1. The van der Waals surface area contributed by atoms with Crippen molar-refractivity contribution in [3.8, 4) is 11.6 Å². The molecule has 0 spiro atoms. The van der Waals surface area contributed by atoms with E-state index in [-0.39, 0.29) is 0 Å². The number of hydrogen-bond acceptors (Lipinski definition) is 6. The summed E-state index contributed by atoms with van der Waals surface area (Å²) >= 11 is 0. The molecule has 2 heterocycles. The highest BCUT2D eigenvalue weighted by Crippen LogP contribution is 2.23. The third kappa shape index (κ3) is 6.71. The van der Waals surface area contributed by atoms with Crippen LogP contribution >= 0.6 is 0 Å². The second kappa shape index (κ2) is 10.6. The highest BCUT2D eigenvalue weighted by Gasteiger charge is 2.18. The molecular formula is C25H28N4O4S. The molecule has 0 atom stereocenters. The Kier molecular flexibility index (Phi) is 7.32. The normalized spacial score (nSPS) is 13.9. The molecule has 0 saturated carbocycles. The van der Waals surface area contributed by atoms with Crippen molar-refractivity contribution in [2.24, 2.45) is 0 Å². The number of piperidine rings is 1. The third-order valence-electron chi connectivity index (χ3n) is 5.45. The number of sulfonamides is 1. The Morgan fingerprint density at radius 2 is 1.62 bits per heavy atom. The Labute approximate surface area is 200 Å². The molecule has 34 heavy (non-hydrogen) atoms. The van der Waals surface area contributed by atoms with E-state index in [1.807, 2.05) is 43.3 Å². The number of pyridine rings is 1. The molecule has 1 aliphatic heterocycles. The number of carbonyl (C=O) groups is 1. The van der Waals surface area contributed by atoms with Gasteiger partial charge < -0.3 is 15.0 Å². The third-order valence-corrected chi connectivity index (χ3v) is 6.64. The van der Waals surface area contributed by atoms with E-state index in [0.717, 1.165) is 24.3 Å². The first-order chi connectivity index (χ1) is 16.4. The predicted molar refractivity (Wildman–Crippen MR) is 134 cm³/mol.